The van der Waals surface area contributed by atoms with Gasteiger partial charge in [0, 0.05) is 32.6 Å². The molecule has 0 aliphatic carbocycles. The van der Waals surface area contributed by atoms with Crippen molar-refractivity contribution in [1.29, 1.82) is 0 Å². The third kappa shape index (κ3) is 5.13. The molecule has 1 saturated heterocycles. The van der Waals surface area contributed by atoms with Crippen LogP contribution < -0.4 is 19.7 Å². The molecule has 1 aliphatic rings. The number of pyridine rings is 1. The largest absolute Gasteiger partial charge is 0.493 e. The van der Waals surface area contributed by atoms with Crippen molar-refractivity contribution in [3.05, 3.63) is 42.1 Å². The van der Waals surface area contributed by atoms with Crippen molar-refractivity contribution in [3.63, 3.8) is 0 Å². The van der Waals surface area contributed by atoms with Crippen LogP contribution in [-0.4, -0.2) is 63.2 Å². The van der Waals surface area contributed by atoms with Crippen LogP contribution in [0.2, 0.25) is 0 Å². The summed E-state index contributed by atoms with van der Waals surface area (Å²) in [5.41, 5.74) is 1.74. The van der Waals surface area contributed by atoms with Crippen molar-refractivity contribution >= 4 is 17.4 Å². The van der Waals surface area contributed by atoms with Crippen LogP contribution >= 0.6 is 0 Å². The number of aromatic nitrogens is 1. The maximum absolute atomic E-state index is 12.3. The van der Waals surface area contributed by atoms with Gasteiger partial charge >= 0.3 is 0 Å². The Morgan fingerprint density at radius 3 is 2.46 bits per heavy atom. The molecular formula is C21H28N4O3. The smallest absolute Gasteiger partial charge is 0.224 e. The molecule has 0 bridgehead atoms. The number of aryl methyl sites for hydroxylation is 1. The Hall–Kier alpha value is -2.80. The van der Waals surface area contributed by atoms with Gasteiger partial charge in [0.2, 0.25) is 5.91 Å². The summed E-state index contributed by atoms with van der Waals surface area (Å²) in [5.74, 6) is 2.27. The van der Waals surface area contributed by atoms with Crippen molar-refractivity contribution in [3.8, 4) is 11.5 Å². The molecule has 3 rings (SSSR count). The van der Waals surface area contributed by atoms with Crippen LogP contribution in [0.3, 0.4) is 0 Å². The summed E-state index contributed by atoms with van der Waals surface area (Å²) in [6, 6.07) is 9.58. The van der Waals surface area contributed by atoms with Crippen molar-refractivity contribution in [2.45, 2.75) is 12.8 Å². The Balaban J connectivity index is 1.51. The molecule has 0 saturated carbocycles. The molecule has 7 heteroatoms. The minimum Gasteiger partial charge on any atom is -0.493 e. The van der Waals surface area contributed by atoms with Crippen molar-refractivity contribution in [2.24, 2.45) is 0 Å². The first kappa shape index (κ1) is 19.9. The monoisotopic (exact) mass is 384 g/mol. The molecule has 1 N–H and O–H groups in total. The van der Waals surface area contributed by atoms with Gasteiger partial charge in [0.15, 0.2) is 11.5 Å². The number of nitrogens with one attached hydrogen (secondary N) is 1. The SMILES string of the molecule is COc1ccc(CCC(=O)Nc2ccc(N3CCN(C)CC3)nc2)cc1OC. The first-order valence-electron chi connectivity index (χ1n) is 9.49. The van der Waals surface area contributed by atoms with Crippen molar-refractivity contribution in [1.82, 2.24) is 9.88 Å². The van der Waals surface area contributed by atoms with Gasteiger partial charge in [-0.2, -0.15) is 0 Å². The second-order valence-electron chi connectivity index (χ2n) is 6.93. The lowest BCUT2D eigenvalue weighted by Crippen LogP contribution is -2.44. The van der Waals surface area contributed by atoms with E-state index in [1.54, 1.807) is 20.4 Å². The molecule has 1 amide bonds. The quantitative estimate of drug-likeness (QED) is 0.791. The number of amides is 1. The summed E-state index contributed by atoms with van der Waals surface area (Å²) in [7, 11) is 5.34. The highest BCUT2D eigenvalue weighted by molar-refractivity contribution is 5.90. The normalized spacial score (nSPS) is 14.6. The second kappa shape index (κ2) is 9.41. The van der Waals surface area contributed by atoms with Crippen LogP contribution in [0.25, 0.3) is 0 Å². The molecule has 0 spiro atoms. The molecule has 0 atom stereocenters. The molecule has 28 heavy (non-hydrogen) atoms. The van der Waals surface area contributed by atoms with E-state index in [0.29, 0.717) is 24.3 Å². The summed E-state index contributed by atoms with van der Waals surface area (Å²) >= 11 is 0. The molecular weight excluding hydrogens is 356 g/mol. The zero-order valence-corrected chi connectivity index (χ0v) is 16.8. The summed E-state index contributed by atoms with van der Waals surface area (Å²) in [6.45, 7) is 4.02. The van der Waals surface area contributed by atoms with Crippen LogP contribution in [0.5, 0.6) is 11.5 Å². The van der Waals surface area contributed by atoms with E-state index in [0.717, 1.165) is 43.2 Å². The molecule has 1 aromatic carbocycles. The van der Waals surface area contributed by atoms with E-state index < -0.39 is 0 Å². The number of carbonyl (C=O) groups is 1. The maximum atomic E-state index is 12.3. The summed E-state index contributed by atoms with van der Waals surface area (Å²) < 4.78 is 10.5. The van der Waals surface area contributed by atoms with Gasteiger partial charge in [0.25, 0.3) is 0 Å². The second-order valence-corrected chi connectivity index (χ2v) is 6.93. The molecule has 1 aromatic heterocycles. The minimum atomic E-state index is -0.0380. The van der Waals surface area contributed by atoms with Gasteiger partial charge in [0.05, 0.1) is 26.1 Å². The number of nitrogens with zero attached hydrogens (tertiary/aromatic N) is 3. The van der Waals surface area contributed by atoms with E-state index in [-0.39, 0.29) is 5.91 Å². The van der Waals surface area contributed by atoms with Gasteiger partial charge in [-0.15, -0.1) is 0 Å². The Morgan fingerprint density at radius 2 is 1.82 bits per heavy atom. The van der Waals surface area contributed by atoms with E-state index in [1.165, 1.54) is 0 Å². The van der Waals surface area contributed by atoms with Gasteiger partial charge in [-0.3, -0.25) is 4.79 Å². The third-order valence-electron chi connectivity index (χ3n) is 4.95. The van der Waals surface area contributed by atoms with Gasteiger partial charge < -0.3 is 24.6 Å². The number of hydrogen-bond acceptors (Lipinski definition) is 6. The van der Waals surface area contributed by atoms with Crippen LogP contribution in [0.1, 0.15) is 12.0 Å². The first-order valence-corrected chi connectivity index (χ1v) is 9.49. The maximum Gasteiger partial charge on any atom is 0.224 e. The molecule has 150 valence electrons. The molecule has 0 unspecified atom stereocenters. The van der Waals surface area contributed by atoms with Gasteiger partial charge in [-0.25, -0.2) is 4.98 Å². The number of rotatable bonds is 7. The fourth-order valence-electron chi connectivity index (χ4n) is 3.20. The van der Waals surface area contributed by atoms with E-state index in [4.69, 9.17) is 9.47 Å². The zero-order chi connectivity index (χ0) is 19.9. The fourth-order valence-corrected chi connectivity index (χ4v) is 3.20. The highest BCUT2D eigenvalue weighted by Gasteiger charge is 2.15. The van der Waals surface area contributed by atoms with E-state index in [2.05, 4.69) is 27.1 Å². The number of anilines is 2. The molecule has 1 aliphatic heterocycles. The average Bonchev–Trinajstić information content (AvgIpc) is 2.73. The third-order valence-corrected chi connectivity index (χ3v) is 4.95. The number of methoxy groups -OCH3 is 2. The van der Waals surface area contributed by atoms with Crippen molar-refractivity contribution in [2.75, 3.05) is 57.7 Å². The number of likely N-dealkylation sites (N-methyl/N-ethyl adjacent to an activating group) is 1. The van der Waals surface area contributed by atoms with Crippen LogP contribution in [0.15, 0.2) is 36.5 Å². The number of benzene rings is 1. The average molecular weight is 384 g/mol. The van der Waals surface area contributed by atoms with Crippen LogP contribution in [0, 0.1) is 0 Å². The summed E-state index contributed by atoms with van der Waals surface area (Å²) in [4.78, 5) is 21.4. The predicted octanol–water partition coefficient (Wildman–Crippen LogP) is 2.42. The highest BCUT2D eigenvalue weighted by atomic mass is 16.5. The van der Waals surface area contributed by atoms with Crippen molar-refractivity contribution < 1.29 is 14.3 Å². The number of piperazine rings is 1. The first-order chi connectivity index (χ1) is 13.6. The molecule has 7 nitrogen and oxygen atoms in total. The fraction of sp³-hybridized carbons (Fsp3) is 0.429. The zero-order valence-electron chi connectivity index (χ0n) is 16.8. The molecule has 1 fully saturated rings. The topological polar surface area (TPSA) is 66.9 Å². The molecule has 2 heterocycles. The summed E-state index contributed by atoms with van der Waals surface area (Å²) in [6.07, 6.45) is 2.73. The lowest BCUT2D eigenvalue weighted by Gasteiger charge is -2.33. The van der Waals surface area contributed by atoms with Gasteiger partial charge in [-0.05, 0) is 43.3 Å². The van der Waals surface area contributed by atoms with Crippen LogP contribution in [-0.2, 0) is 11.2 Å². The Labute approximate surface area is 166 Å². The highest BCUT2D eigenvalue weighted by Crippen LogP contribution is 2.28. The molecule has 0 radical (unpaired) electrons. The number of carbonyl (C=O) groups excluding carboxylic acids is 1. The number of hydrogen-bond donors (Lipinski definition) is 1. The van der Waals surface area contributed by atoms with Gasteiger partial charge in [0.1, 0.15) is 5.82 Å². The summed E-state index contributed by atoms with van der Waals surface area (Å²) in [5, 5.41) is 2.92. The lowest BCUT2D eigenvalue weighted by molar-refractivity contribution is -0.116. The minimum absolute atomic E-state index is 0.0380. The molecule has 2 aromatic rings. The lowest BCUT2D eigenvalue weighted by atomic mass is 10.1. The van der Waals surface area contributed by atoms with E-state index in [9.17, 15) is 4.79 Å². The van der Waals surface area contributed by atoms with E-state index in [1.807, 2.05) is 30.3 Å². The van der Waals surface area contributed by atoms with Crippen LogP contribution in [0.4, 0.5) is 11.5 Å². The van der Waals surface area contributed by atoms with E-state index >= 15 is 0 Å². The number of ether oxygens (including phenoxy) is 2. The predicted molar refractivity (Wildman–Crippen MR) is 110 cm³/mol. The Morgan fingerprint density at radius 1 is 1.07 bits per heavy atom. The van der Waals surface area contributed by atoms with Gasteiger partial charge in [-0.1, -0.05) is 6.07 Å². The Bertz CT molecular complexity index is 787. The standard InChI is InChI=1S/C21H28N4O3/c1-24-10-12-25(13-11-24)20-8-6-17(15-22-20)23-21(26)9-5-16-4-7-18(27-2)19(14-16)28-3/h4,6-8,14-15H,5,9-13H2,1-3H3,(H,23,26). The Kier molecular flexibility index (Phi) is 6.71.